The molecule has 0 aliphatic rings. The molecule has 42 heavy (non-hydrogen) atoms. The summed E-state index contributed by atoms with van der Waals surface area (Å²) >= 11 is 0. The quantitative estimate of drug-likeness (QED) is 0.0588. The van der Waals surface area contributed by atoms with Gasteiger partial charge in [0.1, 0.15) is 0 Å². The average Bonchev–Trinajstić information content (AvgIpc) is 2.98. The van der Waals surface area contributed by atoms with Gasteiger partial charge in [-0.25, -0.2) is 0 Å². The number of hydrogen-bond donors (Lipinski definition) is 1. The molecule has 0 saturated heterocycles. The second-order valence-corrected chi connectivity index (χ2v) is 12.3. The number of nitrogens with zero attached hydrogens (tertiary/aromatic N) is 1. The minimum Gasteiger partial charge on any atom is -0.466 e. The fraction of sp³-hybridized carbons (Fsp3) is 0.944. The average molecular weight is 598 g/mol. The summed E-state index contributed by atoms with van der Waals surface area (Å²) in [5, 5.41) is 9.43. The maximum atomic E-state index is 11.9. The zero-order chi connectivity index (χ0) is 30.8. The topological polar surface area (TPSA) is 76.1 Å². The summed E-state index contributed by atoms with van der Waals surface area (Å²) in [6, 6.07) is 0. The van der Waals surface area contributed by atoms with Crippen LogP contribution in [0.2, 0.25) is 0 Å². The first-order valence-electron chi connectivity index (χ1n) is 18.3. The molecule has 6 heteroatoms. The molecule has 0 fully saturated rings. The lowest BCUT2D eigenvalue weighted by Gasteiger charge is -2.21. The Morgan fingerprint density at radius 3 is 1.17 bits per heavy atom. The van der Waals surface area contributed by atoms with E-state index in [-0.39, 0.29) is 18.5 Å². The number of rotatable bonds is 34. The van der Waals surface area contributed by atoms with Gasteiger partial charge in [-0.1, -0.05) is 129 Å². The van der Waals surface area contributed by atoms with Gasteiger partial charge in [-0.3, -0.25) is 9.59 Å². The van der Waals surface area contributed by atoms with E-state index < -0.39 is 0 Å². The Morgan fingerprint density at radius 1 is 0.452 bits per heavy atom. The maximum absolute atomic E-state index is 11.9. The second kappa shape index (κ2) is 34.4. The number of esters is 2. The molecule has 0 amide bonds. The van der Waals surface area contributed by atoms with E-state index in [1.165, 1.54) is 89.9 Å². The van der Waals surface area contributed by atoms with Gasteiger partial charge < -0.3 is 19.5 Å². The molecule has 0 aliphatic heterocycles. The van der Waals surface area contributed by atoms with Crippen LogP contribution in [0.1, 0.15) is 181 Å². The summed E-state index contributed by atoms with van der Waals surface area (Å²) in [5.74, 6) is -0.0670. The number of carbonyl (C=O) groups is 2. The van der Waals surface area contributed by atoms with E-state index >= 15 is 0 Å². The van der Waals surface area contributed by atoms with Crippen molar-refractivity contribution in [1.82, 2.24) is 4.90 Å². The number of carbonyl (C=O) groups excluding carboxylic acids is 2. The number of hydrogen-bond acceptors (Lipinski definition) is 6. The van der Waals surface area contributed by atoms with Crippen LogP contribution in [0.5, 0.6) is 0 Å². The molecule has 0 radical (unpaired) electrons. The summed E-state index contributed by atoms with van der Waals surface area (Å²) in [7, 11) is 0. The normalized spacial score (nSPS) is 11.3. The van der Waals surface area contributed by atoms with Crippen LogP contribution in [-0.4, -0.2) is 61.4 Å². The Bertz CT molecular complexity index is 525. The van der Waals surface area contributed by atoms with Crippen LogP contribution in [-0.2, 0) is 19.1 Å². The number of unbranched alkanes of at least 4 members (excludes halogenated alkanes) is 20. The summed E-state index contributed by atoms with van der Waals surface area (Å²) in [5.41, 5.74) is 0. The van der Waals surface area contributed by atoms with Gasteiger partial charge in [-0.2, -0.15) is 0 Å². The van der Waals surface area contributed by atoms with Gasteiger partial charge in [0.2, 0.25) is 0 Å². The number of aliphatic hydroxyl groups excluding tert-OH is 1. The molecule has 6 nitrogen and oxygen atoms in total. The molecule has 0 aromatic heterocycles. The van der Waals surface area contributed by atoms with E-state index in [1.54, 1.807) is 0 Å². The lowest BCUT2D eigenvalue weighted by atomic mass is 10.1. The molecule has 0 heterocycles. The molecular formula is C36H71NO5. The van der Waals surface area contributed by atoms with E-state index in [4.69, 9.17) is 9.47 Å². The largest absolute Gasteiger partial charge is 0.466 e. The fourth-order valence-corrected chi connectivity index (χ4v) is 5.38. The molecule has 0 aliphatic carbocycles. The van der Waals surface area contributed by atoms with Crippen LogP contribution in [0.25, 0.3) is 0 Å². The highest BCUT2D eigenvalue weighted by atomic mass is 16.5. The lowest BCUT2D eigenvalue weighted by Crippen LogP contribution is -2.29. The zero-order valence-electron chi connectivity index (χ0n) is 28.2. The Balaban J connectivity index is 3.54. The molecule has 0 saturated carbocycles. The Labute approximate surface area is 261 Å². The second-order valence-electron chi connectivity index (χ2n) is 12.3. The van der Waals surface area contributed by atoms with E-state index in [1.807, 2.05) is 0 Å². The third-order valence-corrected chi connectivity index (χ3v) is 8.15. The molecule has 1 N–H and O–H groups in total. The maximum Gasteiger partial charge on any atom is 0.305 e. The van der Waals surface area contributed by atoms with Gasteiger partial charge in [-0.05, 0) is 51.6 Å². The standard InChI is InChI=1S/C36H71NO5/c1-3-5-7-9-11-19-25-33-41-35(39)27-21-15-13-17-23-29-37(31-32-38)30-24-18-14-16-22-28-36(40)42-34-26-20-12-10-8-6-4-2/h38H,3-34H2,1-2H3. The first kappa shape index (κ1) is 40.9. The van der Waals surface area contributed by atoms with Gasteiger partial charge in [0.25, 0.3) is 0 Å². The molecule has 0 aromatic carbocycles. The third-order valence-electron chi connectivity index (χ3n) is 8.15. The smallest absolute Gasteiger partial charge is 0.305 e. The van der Waals surface area contributed by atoms with E-state index in [0.717, 1.165) is 83.8 Å². The minimum absolute atomic E-state index is 0.0335. The van der Waals surface area contributed by atoms with Crippen molar-refractivity contribution >= 4 is 11.9 Å². The van der Waals surface area contributed by atoms with E-state index in [2.05, 4.69) is 18.7 Å². The highest BCUT2D eigenvalue weighted by molar-refractivity contribution is 5.69. The van der Waals surface area contributed by atoms with Crippen molar-refractivity contribution in [3.63, 3.8) is 0 Å². The zero-order valence-corrected chi connectivity index (χ0v) is 28.2. The first-order chi connectivity index (χ1) is 20.6. The Kier molecular flexibility index (Phi) is 33.4. The molecule has 0 rings (SSSR count). The molecule has 0 unspecified atom stereocenters. The van der Waals surface area contributed by atoms with Gasteiger partial charge in [0, 0.05) is 19.4 Å². The minimum atomic E-state index is -0.0335. The van der Waals surface area contributed by atoms with E-state index in [9.17, 15) is 14.7 Å². The highest BCUT2D eigenvalue weighted by Gasteiger charge is 2.06. The van der Waals surface area contributed by atoms with Crippen molar-refractivity contribution in [1.29, 1.82) is 0 Å². The van der Waals surface area contributed by atoms with Crippen LogP contribution < -0.4 is 0 Å². The van der Waals surface area contributed by atoms with E-state index in [0.29, 0.717) is 26.1 Å². The molecule has 0 bridgehead atoms. The molecule has 0 aromatic rings. The van der Waals surface area contributed by atoms with Crippen molar-refractivity contribution in [2.75, 3.05) is 39.5 Å². The predicted octanol–water partition coefficient (Wildman–Crippen LogP) is 9.55. The SMILES string of the molecule is CCCCCCCCCOC(=O)CCCCCCCN(CCO)CCCCCCCC(=O)OCCCCCCCCC. The summed E-state index contributed by atoms with van der Waals surface area (Å²) < 4.78 is 10.8. The van der Waals surface area contributed by atoms with Gasteiger partial charge >= 0.3 is 11.9 Å². The summed E-state index contributed by atoms with van der Waals surface area (Å²) in [6.45, 7) is 8.66. The number of ether oxygens (including phenoxy) is 2. The fourth-order valence-electron chi connectivity index (χ4n) is 5.38. The van der Waals surface area contributed by atoms with Crippen LogP contribution in [0.15, 0.2) is 0 Å². The van der Waals surface area contributed by atoms with Crippen molar-refractivity contribution in [2.45, 2.75) is 181 Å². The van der Waals surface area contributed by atoms with Crippen LogP contribution in [0.3, 0.4) is 0 Å². The Hall–Kier alpha value is -1.14. The van der Waals surface area contributed by atoms with Crippen LogP contribution >= 0.6 is 0 Å². The third kappa shape index (κ3) is 31.8. The molecular weight excluding hydrogens is 526 g/mol. The summed E-state index contributed by atoms with van der Waals surface area (Å²) in [6.07, 6.45) is 29.4. The molecule has 0 atom stereocenters. The van der Waals surface area contributed by atoms with Gasteiger partial charge in [0.15, 0.2) is 0 Å². The molecule has 250 valence electrons. The van der Waals surface area contributed by atoms with Crippen LogP contribution in [0, 0.1) is 0 Å². The predicted molar refractivity (Wildman–Crippen MR) is 177 cm³/mol. The highest BCUT2D eigenvalue weighted by Crippen LogP contribution is 2.12. The number of aliphatic hydroxyl groups is 1. The lowest BCUT2D eigenvalue weighted by molar-refractivity contribution is -0.144. The van der Waals surface area contributed by atoms with Gasteiger partial charge in [-0.15, -0.1) is 0 Å². The Morgan fingerprint density at radius 2 is 0.786 bits per heavy atom. The van der Waals surface area contributed by atoms with Crippen molar-refractivity contribution in [3.05, 3.63) is 0 Å². The van der Waals surface area contributed by atoms with Crippen molar-refractivity contribution < 1.29 is 24.2 Å². The van der Waals surface area contributed by atoms with Crippen LogP contribution in [0.4, 0.5) is 0 Å². The molecule has 0 spiro atoms. The first-order valence-corrected chi connectivity index (χ1v) is 18.3. The van der Waals surface area contributed by atoms with Crippen molar-refractivity contribution in [2.24, 2.45) is 0 Å². The summed E-state index contributed by atoms with van der Waals surface area (Å²) in [4.78, 5) is 26.2. The van der Waals surface area contributed by atoms with Crippen molar-refractivity contribution in [3.8, 4) is 0 Å². The van der Waals surface area contributed by atoms with Gasteiger partial charge in [0.05, 0.1) is 19.8 Å². The monoisotopic (exact) mass is 598 g/mol.